The third-order valence-electron chi connectivity index (χ3n) is 2.24. The van der Waals surface area contributed by atoms with Crippen LogP contribution in [0.15, 0.2) is 29.4 Å². The third kappa shape index (κ3) is 4.82. The minimum absolute atomic E-state index is 0.104. The SMILES string of the molecule is C[n+]1ccc(S(=O)(=O)CCCS(C)(=O)=O)cc1. The molecule has 0 aliphatic heterocycles. The summed E-state index contributed by atoms with van der Waals surface area (Å²) in [6.45, 7) is 0. The molecule has 0 bridgehead atoms. The quantitative estimate of drug-likeness (QED) is 0.694. The predicted molar refractivity (Wildman–Crippen MR) is 64.0 cm³/mol. The molecule has 0 fully saturated rings. The summed E-state index contributed by atoms with van der Waals surface area (Å²) in [6, 6.07) is 3.02. The van der Waals surface area contributed by atoms with Crippen molar-refractivity contribution in [2.45, 2.75) is 11.3 Å². The predicted octanol–water partition coefficient (Wildman–Crippen LogP) is -0.280. The third-order valence-corrected chi connectivity index (χ3v) is 5.08. The van der Waals surface area contributed by atoms with Crippen LogP contribution in [0.1, 0.15) is 6.42 Å². The molecule has 17 heavy (non-hydrogen) atoms. The molecule has 7 heteroatoms. The zero-order valence-electron chi connectivity index (χ0n) is 9.83. The van der Waals surface area contributed by atoms with E-state index in [4.69, 9.17) is 0 Å². The van der Waals surface area contributed by atoms with Gasteiger partial charge in [-0.1, -0.05) is 0 Å². The second-order valence-electron chi connectivity index (χ2n) is 4.00. The van der Waals surface area contributed by atoms with Gasteiger partial charge in [-0.3, -0.25) is 0 Å². The van der Waals surface area contributed by atoms with Gasteiger partial charge in [0.1, 0.15) is 16.9 Å². The van der Waals surface area contributed by atoms with Gasteiger partial charge in [-0.15, -0.1) is 0 Å². The van der Waals surface area contributed by atoms with Crippen LogP contribution >= 0.6 is 0 Å². The largest absolute Gasteiger partial charge is 0.229 e. The molecule has 5 nitrogen and oxygen atoms in total. The van der Waals surface area contributed by atoms with Crippen LogP contribution in [0.5, 0.6) is 0 Å². The maximum absolute atomic E-state index is 11.8. The summed E-state index contributed by atoms with van der Waals surface area (Å²) < 4.78 is 47.2. The van der Waals surface area contributed by atoms with E-state index in [1.165, 1.54) is 12.1 Å². The van der Waals surface area contributed by atoms with Crippen LogP contribution < -0.4 is 4.57 Å². The molecule has 0 saturated heterocycles. The fourth-order valence-corrected chi connectivity index (χ4v) is 3.47. The van der Waals surface area contributed by atoms with Crippen molar-refractivity contribution < 1.29 is 21.4 Å². The molecule has 1 aromatic rings. The molecule has 0 aliphatic rings. The van der Waals surface area contributed by atoms with Crippen LogP contribution in [0.4, 0.5) is 0 Å². The van der Waals surface area contributed by atoms with Gasteiger partial charge in [-0.25, -0.2) is 21.4 Å². The van der Waals surface area contributed by atoms with E-state index in [9.17, 15) is 16.8 Å². The lowest BCUT2D eigenvalue weighted by atomic mass is 10.5. The molecule has 1 aromatic heterocycles. The Kier molecular flexibility index (Phi) is 4.26. The highest BCUT2D eigenvalue weighted by molar-refractivity contribution is 7.92. The second kappa shape index (κ2) is 5.14. The molecule has 1 heterocycles. The van der Waals surface area contributed by atoms with Gasteiger partial charge in [0, 0.05) is 18.4 Å². The molecule has 0 unspecified atom stereocenters. The molecular formula is C10H16NO4S2+. The maximum Gasteiger partial charge on any atom is 0.178 e. The molecule has 0 aliphatic carbocycles. The van der Waals surface area contributed by atoms with Crippen molar-refractivity contribution in [2.24, 2.45) is 7.05 Å². The van der Waals surface area contributed by atoms with Gasteiger partial charge in [0.2, 0.25) is 0 Å². The highest BCUT2D eigenvalue weighted by Gasteiger charge is 2.16. The first-order valence-electron chi connectivity index (χ1n) is 5.06. The fraction of sp³-hybridized carbons (Fsp3) is 0.500. The summed E-state index contributed by atoms with van der Waals surface area (Å²) in [7, 11) is -4.69. The van der Waals surface area contributed by atoms with Gasteiger partial charge in [0.05, 0.1) is 16.4 Å². The monoisotopic (exact) mass is 278 g/mol. The van der Waals surface area contributed by atoms with Crippen LogP contribution in [0.25, 0.3) is 0 Å². The highest BCUT2D eigenvalue weighted by atomic mass is 32.2. The number of hydrogen-bond donors (Lipinski definition) is 0. The average molecular weight is 278 g/mol. The highest BCUT2D eigenvalue weighted by Crippen LogP contribution is 2.10. The average Bonchev–Trinajstić information content (AvgIpc) is 2.15. The fourth-order valence-electron chi connectivity index (χ4n) is 1.32. The maximum atomic E-state index is 11.8. The molecule has 1 rings (SSSR count). The summed E-state index contributed by atoms with van der Waals surface area (Å²) in [5.41, 5.74) is 0. The lowest BCUT2D eigenvalue weighted by Gasteiger charge is -2.02. The Bertz CT molecular complexity index is 573. The Labute approximate surface area is 102 Å². The summed E-state index contributed by atoms with van der Waals surface area (Å²) in [4.78, 5) is 0.226. The Balaban J connectivity index is 2.73. The first-order chi connectivity index (χ1) is 7.71. The van der Waals surface area contributed by atoms with Crippen LogP contribution in [0, 0.1) is 0 Å². The first-order valence-corrected chi connectivity index (χ1v) is 8.78. The van der Waals surface area contributed by atoms with Gasteiger partial charge < -0.3 is 0 Å². The molecule has 0 N–H and O–H groups in total. The summed E-state index contributed by atoms with van der Waals surface area (Å²) in [5.74, 6) is -0.249. The van der Waals surface area contributed by atoms with E-state index >= 15 is 0 Å². The molecule has 0 spiro atoms. The Hall–Kier alpha value is -0.950. The second-order valence-corrected chi connectivity index (χ2v) is 8.37. The van der Waals surface area contributed by atoms with Crippen molar-refractivity contribution in [1.29, 1.82) is 0 Å². The van der Waals surface area contributed by atoms with Gasteiger partial charge in [0.15, 0.2) is 22.2 Å². The molecule has 0 amide bonds. The summed E-state index contributed by atoms with van der Waals surface area (Å²) >= 11 is 0. The zero-order valence-corrected chi connectivity index (χ0v) is 11.5. The van der Waals surface area contributed by atoms with E-state index in [0.29, 0.717) is 0 Å². The molecule has 0 saturated carbocycles. The number of pyridine rings is 1. The first kappa shape index (κ1) is 14.1. The lowest BCUT2D eigenvalue weighted by Crippen LogP contribution is -2.26. The number of sulfone groups is 2. The van der Waals surface area contributed by atoms with Crippen LogP contribution in [0.2, 0.25) is 0 Å². The van der Waals surface area contributed by atoms with Crippen molar-refractivity contribution in [3.05, 3.63) is 24.5 Å². The Morgan fingerprint density at radius 3 is 2.06 bits per heavy atom. The van der Waals surface area contributed by atoms with E-state index in [2.05, 4.69) is 0 Å². The number of aryl methyl sites for hydroxylation is 1. The molecule has 0 radical (unpaired) electrons. The van der Waals surface area contributed by atoms with Gasteiger partial charge in [-0.05, 0) is 6.42 Å². The zero-order chi connectivity index (χ0) is 13.1. The van der Waals surface area contributed by atoms with Crippen molar-refractivity contribution in [1.82, 2.24) is 0 Å². The minimum atomic E-state index is -3.38. The molecule has 0 atom stereocenters. The van der Waals surface area contributed by atoms with E-state index in [0.717, 1.165) is 6.26 Å². The standard InChI is InChI=1S/C10H16NO4S2/c1-11-6-4-10(5-7-11)17(14,15)9-3-8-16(2,12)13/h4-7H,3,8-9H2,1-2H3/q+1. The number of hydrogen-bond acceptors (Lipinski definition) is 4. The van der Waals surface area contributed by atoms with Crippen LogP contribution in [-0.4, -0.2) is 34.6 Å². The van der Waals surface area contributed by atoms with E-state index < -0.39 is 19.7 Å². The van der Waals surface area contributed by atoms with Crippen molar-refractivity contribution in [2.75, 3.05) is 17.8 Å². The minimum Gasteiger partial charge on any atom is -0.229 e. The van der Waals surface area contributed by atoms with Crippen LogP contribution in [-0.2, 0) is 26.7 Å². The van der Waals surface area contributed by atoms with Crippen molar-refractivity contribution in [3.8, 4) is 0 Å². The van der Waals surface area contributed by atoms with Crippen molar-refractivity contribution >= 4 is 19.7 Å². The van der Waals surface area contributed by atoms with Gasteiger partial charge >= 0.3 is 0 Å². The molecule has 96 valence electrons. The lowest BCUT2D eigenvalue weighted by molar-refractivity contribution is -0.671. The van der Waals surface area contributed by atoms with Crippen molar-refractivity contribution in [3.63, 3.8) is 0 Å². The normalized spacial score (nSPS) is 12.6. The van der Waals surface area contributed by atoms with E-state index in [1.54, 1.807) is 24.0 Å². The number of aromatic nitrogens is 1. The summed E-state index contributed by atoms with van der Waals surface area (Å²) in [5, 5.41) is 0. The smallest absolute Gasteiger partial charge is 0.178 e. The summed E-state index contributed by atoms with van der Waals surface area (Å²) in [6.07, 6.45) is 4.51. The van der Waals surface area contributed by atoms with Gasteiger partial charge in [0.25, 0.3) is 0 Å². The topological polar surface area (TPSA) is 72.2 Å². The number of rotatable bonds is 5. The Morgan fingerprint density at radius 2 is 1.59 bits per heavy atom. The number of nitrogens with zero attached hydrogens (tertiary/aromatic N) is 1. The van der Waals surface area contributed by atoms with E-state index in [1.807, 2.05) is 0 Å². The molecular weight excluding hydrogens is 262 g/mol. The van der Waals surface area contributed by atoms with Crippen LogP contribution in [0.3, 0.4) is 0 Å². The Morgan fingerprint density at radius 1 is 1.06 bits per heavy atom. The van der Waals surface area contributed by atoms with Gasteiger partial charge in [-0.2, -0.15) is 0 Å². The molecule has 0 aromatic carbocycles. The van der Waals surface area contributed by atoms with E-state index in [-0.39, 0.29) is 22.8 Å².